The lowest BCUT2D eigenvalue weighted by Gasteiger charge is -2.20. The van der Waals surface area contributed by atoms with Gasteiger partial charge in [-0.3, -0.25) is 10.1 Å². The highest BCUT2D eigenvalue weighted by Crippen LogP contribution is 2.36. The molecule has 8 nitrogen and oxygen atoms in total. The molecule has 1 fully saturated rings. The molecule has 0 radical (unpaired) electrons. The van der Waals surface area contributed by atoms with Gasteiger partial charge >= 0.3 is 0 Å². The van der Waals surface area contributed by atoms with E-state index in [2.05, 4.69) is 15.6 Å². The Balaban J connectivity index is 1.79. The fourth-order valence-electron chi connectivity index (χ4n) is 2.44. The number of ketones is 1. The van der Waals surface area contributed by atoms with E-state index in [9.17, 15) is 13.2 Å². The third kappa shape index (κ3) is 4.29. The lowest BCUT2D eigenvalue weighted by atomic mass is 10.3. The molecule has 0 aromatic heterocycles. The summed E-state index contributed by atoms with van der Waals surface area (Å²) in [7, 11) is -2.30. The number of halogens is 2. The monoisotopic (exact) mass is 459 g/mol. The number of allylic oxidation sites excluding steroid dienone is 1. The van der Waals surface area contributed by atoms with Gasteiger partial charge < -0.3 is 5.32 Å². The molecule has 0 bridgehead atoms. The van der Waals surface area contributed by atoms with Gasteiger partial charge in [-0.05, 0) is 25.0 Å². The first-order chi connectivity index (χ1) is 13.3. The molecule has 1 aliphatic carbocycles. The van der Waals surface area contributed by atoms with Crippen molar-refractivity contribution in [3.05, 3.63) is 39.3 Å². The molecule has 12 heteroatoms. The standard InChI is InChI=1S/C16H15Cl2N5O3S2/c1-23(9-5-6-9)28(25,26)15-14(24)12(7-27-15)22-16(20-8-19)21-11-4-2-3-10(17)13(11)18/h2-4,7,9,15H,5-6H2,1H3,(H2,20,21,22). The van der Waals surface area contributed by atoms with Gasteiger partial charge in [0.25, 0.3) is 0 Å². The van der Waals surface area contributed by atoms with Crippen LogP contribution >= 0.6 is 35.0 Å². The molecule has 1 aromatic carbocycles. The second-order valence-corrected chi connectivity index (χ2v) is 10.2. The number of nitrogens with one attached hydrogen (secondary N) is 2. The van der Waals surface area contributed by atoms with Crippen molar-refractivity contribution >= 4 is 62.4 Å². The highest BCUT2D eigenvalue weighted by molar-refractivity contribution is 8.16. The molecule has 28 heavy (non-hydrogen) atoms. The first-order valence-corrected chi connectivity index (χ1v) is 11.3. The van der Waals surface area contributed by atoms with Crippen molar-refractivity contribution in [3.8, 4) is 6.19 Å². The second-order valence-electron chi connectivity index (χ2n) is 6.05. The lowest BCUT2D eigenvalue weighted by molar-refractivity contribution is -0.113. The molecule has 2 aliphatic rings. The average Bonchev–Trinajstić information content (AvgIpc) is 3.43. The van der Waals surface area contributed by atoms with Crippen molar-refractivity contribution in [2.75, 3.05) is 7.05 Å². The third-order valence-electron chi connectivity index (χ3n) is 4.11. The van der Waals surface area contributed by atoms with E-state index in [0.717, 1.165) is 24.6 Å². The van der Waals surface area contributed by atoms with E-state index in [-0.39, 0.29) is 33.4 Å². The van der Waals surface area contributed by atoms with Gasteiger partial charge in [0.2, 0.25) is 21.8 Å². The van der Waals surface area contributed by atoms with Gasteiger partial charge in [-0.1, -0.05) is 29.3 Å². The van der Waals surface area contributed by atoms with E-state index in [1.165, 1.54) is 16.8 Å². The van der Waals surface area contributed by atoms with Crippen molar-refractivity contribution in [2.45, 2.75) is 23.5 Å². The summed E-state index contributed by atoms with van der Waals surface area (Å²) in [4.78, 5) is 16.8. The van der Waals surface area contributed by atoms with Crippen LogP contribution in [-0.2, 0) is 14.8 Å². The maximum absolute atomic E-state index is 12.6. The van der Waals surface area contributed by atoms with Crippen molar-refractivity contribution in [1.29, 1.82) is 5.26 Å². The van der Waals surface area contributed by atoms with Crippen LogP contribution in [0.4, 0.5) is 5.69 Å². The van der Waals surface area contributed by atoms with Gasteiger partial charge in [0, 0.05) is 18.5 Å². The molecule has 2 N–H and O–H groups in total. The summed E-state index contributed by atoms with van der Waals surface area (Å²) < 4.78 is 25.3. The Morgan fingerprint density at radius 3 is 2.75 bits per heavy atom. The van der Waals surface area contributed by atoms with E-state index in [0.29, 0.717) is 0 Å². The number of hydrogen-bond donors (Lipinski definition) is 2. The number of thioether (sulfide) groups is 1. The van der Waals surface area contributed by atoms with Crippen LogP contribution in [0.3, 0.4) is 0 Å². The lowest BCUT2D eigenvalue weighted by Crippen LogP contribution is -2.42. The minimum absolute atomic E-state index is 0.0161. The van der Waals surface area contributed by atoms with E-state index in [1.54, 1.807) is 24.4 Å². The van der Waals surface area contributed by atoms with Crippen LogP contribution in [0.2, 0.25) is 10.0 Å². The molecule has 1 heterocycles. The predicted molar refractivity (Wildman–Crippen MR) is 110 cm³/mol. The van der Waals surface area contributed by atoms with E-state index in [1.807, 2.05) is 0 Å². The zero-order valence-corrected chi connectivity index (χ0v) is 17.7. The van der Waals surface area contributed by atoms with Crippen LogP contribution in [0, 0.1) is 11.5 Å². The Morgan fingerprint density at radius 2 is 2.11 bits per heavy atom. The molecular formula is C16H15Cl2N5O3S2. The number of rotatable bonds is 5. The molecule has 3 rings (SSSR count). The molecule has 1 aromatic rings. The van der Waals surface area contributed by atoms with Crippen molar-refractivity contribution in [1.82, 2.24) is 14.9 Å². The zero-order valence-electron chi connectivity index (χ0n) is 14.5. The quantitative estimate of drug-likeness (QED) is 0.300. The number of Topliss-reactive ketones (excluding diaryl/α,β-unsaturated/α-hetero) is 1. The number of nitrogens with zero attached hydrogens (tertiary/aromatic N) is 3. The second kappa shape index (κ2) is 8.31. The largest absolute Gasteiger partial charge is 0.322 e. The fraction of sp³-hybridized carbons (Fsp3) is 0.312. The zero-order chi connectivity index (χ0) is 20.5. The van der Waals surface area contributed by atoms with Gasteiger partial charge in [-0.25, -0.2) is 17.7 Å². The summed E-state index contributed by atoms with van der Waals surface area (Å²) in [5.41, 5.74) is 0.290. The Morgan fingerprint density at radius 1 is 1.39 bits per heavy atom. The summed E-state index contributed by atoms with van der Waals surface area (Å²) in [5.74, 6) is -0.692. The number of hydrogen-bond acceptors (Lipinski definition) is 6. The van der Waals surface area contributed by atoms with Gasteiger partial charge in [0.1, 0.15) is 0 Å². The van der Waals surface area contributed by atoms with Crippen LogP contribution < -0.4 is 10.6 Å². The predicted octanol–water partition coefficient (Wildman–Crippen LogP) is 2.55. The minimum atomic E-state index is -3.79. The van der Waals surface area contributed by atoms with Crippen molar-refractivity contribution < 1.29 is 13.2 Å². The minimum Gasteiger partial charge on any atom is -0.322 e. The van der Waals surface area contributed by atoms with E-state index in [4.69, 9.17) is 28.5 Å². The molecular weight excluding hydrogens is 445 g/mol. The average molecular weight is 460 g/mol. The molecule has 0 amide bonds. The first kappa shape index (κ1) is 21.0. The van der Waals surface area contributed by atoms with Crippen molar-refractivity contribution in [2.24, 2.45) is 4.99 Å². The summed E-state index contributed by atoms with van der Waals surface area (Å²) >= 11 is 12.9. The highest BCUT2D eigenvalue weighted by Gasteiger charge is 2.45. The smallest absolute Gasteiger partial charge is 0.234 e. The van der Waals surface area contributed by atoms with Crippen LogP contribution in [-0.4, -0.2) is 42.1 Å². The summed E-state index contributed by atoms with van der Waals surface area (Å²) in [5, 5.41) is 15.8. The summed E-state index contributed by atoms with van der Waals surface area (Å²) in [6, 6.07) is 4.74. The Kier molecular flexibility index (Phi) is 6.21. The van der Waals surface area contributed by atoms with Gasteiger partial charge in [-0.15, -0.1) is 11.8 Å². The van der Waals surface area contributed by atoms with Gasteiger partial charge in [0.15, 0.2) is 10.8 Å². The maximum Gasteiger partial charge on any atom is 0.234 e. The number of nitriles is 1. The topological polar surface area (TPSA) is 115 Å². The normalized spacial score (nSPS) is 20.1. The third-order valence-corrected chi connectivity index (χ3v) is 8.67. The molecule has 1 aliphatic heterocycles. The van der Waals surface area contributed by atoms with Gasteiger partial charge in [0.05, 0.1) is 21.4 Å². The molecule has 0 spiro atoms. The molecule has 148 valence electrons. The molecule has 0 saturated heterocycles. The number of carbonyl (C=O) groups excluding carboxylic acids is 1. The summed E-state index contributed by atoms with van der Waals surface area (Å²) in [6.45, 7) is 0. The fourth-order valence-corrected chi connectivity index (χ4v) is 5.92. The van der Waals surface area contributed by atoms with Crippen LogP contribution in [0.1, 0.15) is 12.8 Å². The SMILES string of the molecule is CN(C1CC1)S(=O)(=O)C1SC=C(NC(=Nc2cccc(Cl)c2Cl)NC#N)C1=O. The van der Waals surface area contributed by atoms with E-state index >= 15 is 0 Å². The Hall–Kier alpha value is -1.77. The first-order valence-electron chi connectivity index (χ1n) is 8.07. The molecule has 1 unspecified atom stereocenters. The number of sulfonamides is 1. The van der Waals surface area contributed by atoms with Crippen molar-refractivity contribution in [3.63, 3.8) is 0 Å². The highest BCUT2D eigenvalue weighted by atomic mass is 35.5. The number of carbonyl (C=O) groups is 1. The van der Waals surface area contributed by atoms with Crippen LogP contribution in [0.15, 0.2) is 34.3 Å². The number of aliphatic imine (C=N–C) groups is 1. The summed E-state index contributed by atoms with van der Waals surface area (Å²) in [6.07, 6.45) is 3.29. The number of benzene rings is 1. The Bertz CT molecular complexity index is 1020. The maximum atomic E-state index is 12.6. The number of guanidine groups is 1. The van der Waals surface area contributed by atoms with Gasteiger partial charge in [-0.2, -0.15) is 5.26 Å². The molecule has 1 saturated carbocycles. The van der Waals surface area contributed by atoms with Crippen LogP contribution in [0.5, 0.6) is 0 Å². The molecule has 1 atom stereocenters. The Labute approximate surface area is 176 Å². The van der Waals surface area contributed by atoms with Crippen LogP contribution in [0.25, 0.3) is 0 Å². The van der Waals surface area contributed by atoms with E-state index < -0.39 is 20.4 Å².